The number of aromatic amines is 1. The average Bonchev–Trinajstić information content (AvgIpc) is 3.39. The van der Waals surface area contributed by atoms with E-state index in [0.29, 0.717) is 59.3 Å². The van der Waals surface area contributed by atoms with E-state index in [1.807, 2.05) is 32.0 Å². The molecule has 0 radical (unpaired) electrons. The summed E-state index contributed by atoms with van der Waals surface area (Å²) in [5, 5.41) is 17.9. The van der Waals surface area contributed by atoms with E-state index in [1.165, 1.54) is 0 Å². The molecule has 2 heterocycles. The number of methoxy groups -OCH3 is 3. The van der Waals surface area contributed by atoms with Gasteiger partial charge in [-0.15, -0.1) is 0 Å². The van der Waals surface area contributed by atoms with Crippen LogP contribution in [0.3, 0.4) is 0 Å². The summed E-state index contributed by atoms with van der Waals surface area (Å²) in [4.78, 5) is 15.3. The van der Waals surface area contributed by atoms with Gasteiger partial charge in [0.15, 0.2) is 11.5 Å². The van der Waals surface area contributed by atoms with Gasteiger partial charge < -0.3 is 29.0 Å². The number of ether oxygens (including phenoxy) is 4. The van der Waals surface area contributed by atoms with Gasteiger partial charge in [0.2, 0.25) is 5.75 Å². The first kappa shape index (κ1) is 24.4. The van der Waals surface area contributed by atoms with Crippen molar-refractivity contribution in [3.8, 4) is 34.3 Å². The summed E-state index contributed by atoms with van der Waals surface area (Å²) in [6.07, 6.45) is 0.772. The zero-order valence-electron chi connectivity index (χ0n) is 20.6. The number of amides is 1. The summed E-state index contributed by atoms with van der Waals surface area (Å²) in [7, 11) is 4.65. The fourth-order valence-electron chi connectivity index (χ4n) is 4.47. The van der Waals surface area contributed by atoms with Crippen molar-refractivity contribution >= 4 is 5.91 Å². The van der Waals surface area contributed by atoms with Gasteiger partial charge in [-0.1, -0.05) is 12.1 Å². The number of rotatable bonds is 10. The average molecular weight is 482 g/mol. The summed E-state index contributed by atoms with van der Waals surface area (Å²) >= 11 is 0. The van der Waals surface area contributed by atoms with Gasteiger partial charge in [0.1, 0.15) is 17.1 Å². The number of carbonyl (C=O) groups excluding carboxylic acids is 1. The Bertz CT molecular complexity index is 1180. The van der Waals surface area contributed by atoms with Gasteiger partial charge >= 0.3 is 0 Å². The predicted octanol–water partition coefficient (Wildman–Crippen LogP) is 4.17. The molecule has 9 heteroatoms. The lowest BCUT2D eigenvalue weighted by molar-refractivity contribution is 0.0601. The van der Waals surface area contributed by atoms with E-state index >= 15 is 0 Å². The predicted molar refractivity (Wildman–Crippen MR) is 130 cm³/mol. The van der Waals surface area contributed by atoms with E-state index in [1.54, 1.807) is 44.4 Å². The quantitative estimate of drug-likeness (QED) is 0.419. The first-order valence-corrected chi connectivity index (χ1v) is 11.5. The molecule has 186 valence electrons. The topological polar surface area (TPSA) is 106 Å². The lowest BCUT2D eigenvalue weighted by atomic mass is 9.95. The number of nitrogens with zero attached hydrogens (tertiary/aromatic N) is 2. The highest BCUT2D eigenvalue weighted by atomic mass is 16.5. The highest BCUT2D eigenvalue weighted by molar-refractivity contribution is 6.00. The lowest BCUT2D eigenvalue weighted by Gasteiger charge is -2.27. The van der Waals surface area contributed by atoms with Gasteiger partial charge in [0.05, 0.1) is 33.5 Å². The fraction of sp³-hybridized carbons (Fsp3) is 0.385. The van der Waals surface area contributed by atoms with Gasteiger partial charge in [-0.05, 0) is 50.1 Å². The van der Waals surface area contributed by atoms with Crippen LogP contribution >= 0.6 is 0 Å². The van der Waals surface area contributed by atoms with Crippen molar-refractivity contribution in [1.82, 2.24) is 15.1 Å². The van der Waals surface area contributed by atoms with Crippen LogP contribution in [0.1, 0.15) is 47.9 Å². The molecule has 0 saturated heterocycles. The molecule has 35 heavy (non-hydrogen) atoms. The van der Waals surface area contributed by atoms with E-state index in [4.69, 9.17) is 18.9 Å². The first-order valence-electron chi connectivity index (χ1n) is 11.5. The number of hydrogen-bond donors (Lipinski definition) is 2. The minimum absolute atomic E-state index is 0.0849. The zero-order chi connectivity index (χ0) is 25.1. The van der Waals surface area contributed by atoms with Crippen LogP contribution in [0.2, 0.25) is 0 Å². The van der Waals surface area contributed by atoms with E-state index in [2.05, 4.69) is 10.2 Å². The Labute approximate surface area is 204 Å². The number of aromatic nitrogens is 2. The monoisotopic (exact) mass is 481 g/mol. The highest BCUT2D eigenvalue weighted by Crippen LogP contribution is 2.48. The number of hydrogen-bond acceptors (Lipinski definition) is 7. The molecule has 0 bridgehead atoms. The molecule has 1 aliphatic rings. The van der Waals surface area contributed by atoms with Gasteiger partial charge in [-0.25, -0.2) is 0 Å². The lowest BCUT2D eigenvalue weighted by Crippen LogP contribution is -2.31. The number of para-hydroxylation sites is 1. The minimum Gasteiger partial charge on any atom is -0.507 e. The number of nitrogens with one attached hydrogen (secondary N) is 1. The molecule has 0 saturated carbocycles. The molecule has 2 aromatic carbocycles. The Morgan fingerprint density at radius 2 is 1.77 bits per heavy atom. The molecule has 2 N–H and O–H groups in total. The van der Waals surface area contributed by atoms with Crippen molar-refractivity contribution in [2.75, 3.05) is 34.5 Å². The van der Waals surface area contributed by atoms with Crippen molar-refractivity contribution < 1.29 is 28.8 Å². The molecular weight excluding hydrogens is 450 g/mol. The molecule has 1 amide bonds. The summed E-state index contributed by atoms with van der Waals surface area (Å²) in [6, 6.07) is 10.1. The maximum atomic E-state index is 13.5. The van der Waals surface area contributed by atoms with Crippen LogP contribution < -0.4 is 14.2 Å². The van der Waals surface area contributed by atoms with Gasteiger partial charge in [0, 0.05) is 24.3 Å². The smallest absolute Gasteiger partial charge is 0.273 e. The van der Waals surface area contributed by atoms with Crippen LogP contribution in [0.5, 0.6) is 23.0 Å². The van der Waals surface area contributed by atoms with E-state index in [9.17, 15) is 9.90 Å². The number of phenols is 1. The molecule has 0 unspecified atom stereocenters. The van der Waals surface area contributed by atoms with Gasteiger partial charge in [-0.2, -0.15) is 5.10 Å². The fourth-order valence-corrected chi connectivity index (χ4v) is 4.47. The van der Waals surface area contributed by atoms with Crippen molar-refractivity contribution in [3.05, 3.63) is 53.2 Å². The zero-order valence-corrected chi connectivity index (χ0v) is 20.6. The maximum absolute atomic E-state index is 13.5. The third-order valence-corrected chi connectivity index (χ3v) is 6.02. The summed E-state index contributed by atoms with van der Waals surface area (Å²) in [5.41, 5.74) is 2.92. The Balaban J connectivity index is 1.84. The standard InChI is InChI=1S/C26H31N3O6/c1-15(2)35-12-8-11-29-24(16-13-19(32-3)25(34-5)20(14-16)33-4)21-22(27-28-23(21)26(29)31)17-9-6-7-10-18(17)30/h6-7,9-10,13-15,24,30H,8,11-12H2,1-5H3,(H,27,28)/t24-/m1/s1. The molecule has 0 spiro atoms. The Morgan fingerprint density at radius 3 is 2.37 bits per heavy atom. The molecule has 4 rings (SSSR count). The van der Waals surface area contributed by atoms with Gasteiger partial charge in [0.25, 0.3) is 5.91 Å². The normalized spacial score (nSPS) is 15.0. The third kappa shape index (κ3) is 4.51. The van der Waals surface area contributed by atoms with Crippen molar-refractivity contribution in [3.63, 3.8) is 0 Å². The van der Waals surface area contributed by atoms with Crippen LogP contribution in [0.25, 0.3) is 11.3 Å². The Hall–Kier alpha value is -3.72. The minimum atomic E-state index is -0.487. The second-order valence-electron chi connectivity index (χ2n) is 8.51. The second kappa shape index (κ2) is 10.3. The molecule has 9 nitrogen and oxygen atoms in total. The van der Waals surface area contributed by atoms with Crippen LogP contribution in [0, 0.1) is 0 Å². The number of carbonyl (C=O) groups is 1. The first-order chi connectivity index (χ1) is 16.9. The number of aromatic hydroxyl groups is 1. The number of phenolic OH excluding ortho intramolecular Hbond substituents is 1. The van der Waals surface area contributed by atoms with Crippen molar-refractivity contribution in [2.24, 2.45) is 0 Å². The molecule has 1 aliphatic heterocycles. The van der Waals surface area contributed by atoms with Crippen molar-refractivity contribution in [2.45, 2.75) is 32.4 Å². The summed E-state index contributed by atoms with van der Waals surface area (Å²) in [5.74, 6) is 1.35. The van der Waals surface area contributed by atoms with E-state index in [-0.39, 0.29) is 17.8 Å². The Morgan fingerprint density at radius 1 is 1.09 bits per heavy atom. The van der Waals surface area contributed by atoms with E-state index < -0.39 is 6.04 Å². The second-order valence-corrected chi connectivity index (χ2v) is 8.51. The maximum Gasteiger partial charge on any atom is 0.273 e. The van der Waals surface area contributed by atoms with Crippen molar-refractivity contribution in [1.29, 1.82) is 0 Å². The van der Waals surface area contributed by atoms with Crippen LogP contribution in [-0.4, -0.2) is 66.7 Å². The Kier molecular flexibility index (Phi) is 7.16. The molecule has 3 aromatic rings. The number of H-pyrrole nitrogens is 1. The molecular formula is C26H31N3O6. The number of benzene rings is 2. The largest absolute Gasteiger partial charge is 0.507 e. The van der Waals surface area contributed by atoms with Crippen LogP contribution in [0.15, 0.2) is 36.4 Å². The molecule has 0 fully saturated rings. The molecule has 1 aromatic heterocycles. The van der Waals surface area contributed by atoms with Crippen LogP contribution in [-0.2, 0) is 4.74 Å². The van der Waals surface area contributed by atoms with Crippen LogP contribution in [0.4, 0.5) is 0 Å². The summed E-state index contributed by atoms with van der Waals surface area (Å²) in [6.45, 7) is 4.96. The summed E-state index contributed by atoms with van der Waals surface area (Å²) < 4.78 is 22.3. The number of fused-ring (bicyclic) bond motifs is 1. The molecule has 0 aliphatic carbocycles. The molecule has 1 atom stereocenters. The van der Waals surface area contributed by atoms with E-state index in [0.717, 1.165) is 5.56 Å². The SMILES string of the molecule is COc1cc([C@@H]2c3c(-c4ccccc4O)n[nH]c3C(=O)N2CCCOC(C)C)cc(OC)c1OC. The highest BCUT2D eigenvalue weighted by Gasteiger charge is 2.43. The third-order valence-electron chi connectivity index (χ3n) is 6.02. The van der Waals surface area contributed by atoms with Gasteiger partial charge in [-0.3, -0.25) is 9.89 Å².